The number of nitrogens with zero attached hydrogens (tertiary/aromatic N) is 1. The van der Waals surface area contributed by atoms with E-state index in [1.54, 1.807) is 0 Å². The van der Waals surface area contributed by atoms with Gasteiger partial charge in [-0.3, -0.25) is 23.4 Å². The van der Waals surface area contributed by atoms with E-state index < -0.39 is 107 Å². The number of nitrogens with one attached hydrogen (secondary N) is 1. The number of aromatic nitrogens is 2. The first-order valence-electron chi connectivity index (χ1n) is 11.2. The molecule has 1 aromatic heterocycles. The molecule has 41 heavy (non-hydrogen) atoms. The maximum absolute atomic E-state index is 12.5. The van der Waals surface area contributed by atoms with Crippen LogP contribution in [0.2, 0.25) is 0 Å². The molecule has 0 aliphatic carbocycles. The van der Waals surface area contributed by atoms with Crippen LogP contribution in [-0.4, -0.2) is 107 Å². The molecular formula is C18H34N4O17P2. The first-order chi connectivity index (χ1) is 18.0. The molecule has 0 saturated carbocycles. The van der Waals surface area contributed by atoms with Crippen LogP contribution in [0.3, 0.4) is 0 Å². The van der Waals surface area contributed by atoms with Gasteiger partial charge in [0, 0.05) is 24.6 Å². The number of aliphatic hydroxyl groups excluding tert-OH is 5. The summed E-state index contributed by atoms with van der Waals surface area (Å²) in [6.45, 7) is -0.788. The smallest absolute Gasteiger partial charge is 0.394 e. The van der Waals surface area contributed by atoms with Crippen LogP contribution in [0.25, 0.3) is 0 Å². The van der Waals surface area contributed by atoms with Crippen molar-refractivity contribution in [2.75, 3.05) is 13.2 Å². The Kier molecular flexibility index (Phi) is 13.3. The number of rotatable bonds is 11. The highest BCUT2D eigenvalue weighted by Crippen LogP contribution is 2.62. The van der Waals surface area contributed by atoms with E-state index in [0.717, 1.165) is 23.8 Å². The minimum Gasteiger partial charge on any atom is -0.394 e. The number of ether oxygens (including phenoxy) is 2. The molecule has 0 amide bonds. The van der Waals surface area contributed by atoms with Crippen molar-refractivity contribution in [3.8, 4) is 0 Å². The average Bonchev–Trinajstić information content (AvgIpc) is 3.10. The molecule has 3 heterocycles. The van der Waals surface area contributed by atoms with Crippen molar-refractivity contribution >= 4 is 21.4 Å². The van der Waals surface area contributed by atoms with Crippen molar-refractivity contribution in [1.82, 2.24) is 21.9 Å². The van der Waals surface area contributed by atoms with E-state index in [9.17, 15) is 58.8 Å². The molecule has 14 N–H and O–H groups in total. The Bertz CT molecular complexity index is 1240. The summed E-state index contributed by atoms with van der Waals surface area (Å²) in [5, 5.41) is 50.0. The third kappa shape index (κ3) is 9.12. The monoisotopic (exact) mass is 640 g/mol. The maximum Gasteiger partial charge on any atom is 0.483 e. The Balaban J connectivity index is 0.00000420. The lowest BCUT2D eigenvalue weighted by Gasteiger charge is -2.41. The fourth-order valence-electron chi connectivity index (χ4n) is 3.99. The van der Waals surface area contributed by atoms with Gasteiger partial charge in [-0.15, -0.1) is 0 Å². The Morgan fingerprint density at radius 3 is 2.17 bits per heavy atom. The lowest BCUT2D eigenvalue weighted by atomic mass is 9.87. The third-order valence-electron chi connectivity index (χ3n) is 5.84. The second-order valence-corrected chi connectivity index (χ2v) is 11.8. The molecule has 23 heteroatoms. The molecule has 0 bridgehead atoms. The quantitative estimate of drug-likeness (QED) is 0.106. The van der Waals surface area contributed by atoms with E-state index >= 15 is 0 Å². The fourth-order valence-corrected chi connectivity index (χ4v) is 6.18. The summed E-state index contributed by atoms with van der Waals surface area (Å²) in [7, 11) is -11.1. The first kappa shape index (κ1) is 37.3. The minimum atomic E-state index is -5.59. The van der Waals surface area contributed by atoms with E-state index in [1.807, 2.05) is 4.98 Å². The molecule has 1 aromatic rings. The summed E-state index contributed by atoms with van der Waals surface area (Å²) < 4.78 is 49.4. The number of phosphoric ester groups is 2. The van der Waals surface area contributed by atoms with Crippen LogP contribution in [0.4, 0.5) is 0 Å². The van der Waals surface area contributed by atoms with Gasteiger partial charge in [-0.25, -0.2) is 13.9 Å². The number of aromatic amines is 1. The molecule has 2 aliphatic heterocycles. The van der Waals surface area contributed by atoms with E-state index in [-0.39, 0.29) is 12.3 Å². The molecular weight excluding hydrogens is 606 g/mol. The van der Waals surface area contributed by atoms with Crippen molar-refractivity contribution in [1.29, 1.82) is 0 Å². The van der Waals surface area contributed by atoms with Crippen LogP contribution < -0.4 is 23.6 Å². The van der Waals surface area contributed by atoms with Gasteiger partial charge in [0.15, 0.2) is 12.5 Å². The summed E-state index contributed by atoms with van der Waals surface area (Å²) in [6, 6.07) is 0.932. The summed E-state index contributed by atoms with van der Waals surface area (Å²) >= 11 is 0. The van der Waals surface area contributed by atoms with E-state index in [2.05, 4.69) is 8.83 Å². The fraction of sp³-hybridized carbons (Fsp3) is 0.722. The number of carbonyl (C=O) groups excluding carboxylic acids is 1. The molecule has 11 atom stereocenters. The SMILES string of the molecule is CC(=O)C[C@H]1[C@@H](OP(=O)(O)OP(=O)(O)OC[C@H]2O[C@@H](n3ccc(=O)[nH]c3=O)[C@H](O)[C@@H]2O)O[C@H](CO)[C@H](O)[C@@H]1O.N.N. The van der Waals surface area contributed by atoms with E-state index in [0.29, 0.717) is 0 Å². The minimum absolute atomic E-state index is 0. The first-order valence-corrected chi connectivity index (χ1v) is 14.2. The zero-order valence-corrected chi connectivity index (χ0v) is 23.2. The van der Waals surface area contributed by atoms with Gasteiger partial charge in [-0.2, -0.15) is 4.31 Å². The van der Waals surface area contributed by atoms with Crippen molar-refractivity contribution in [2.24, 2.45) is 5.92 Å². The van der Waals surface area contributed by atoms with E-state index in [1.165, 1.54) is 0 Å². The molecule has 0 spiro atoms. The zero-order valence-electron chi connectivity index (χ0n) is 21.4. The molecule has 2 aliphatic rings. The Morgan fingerprint density at radius 2 is 1.61 bits per heavy atom. The van der Waals surface area contributed by atoms with Gasteiger partial charge in [-0.05, 0) is 6.92 Å². The Morgan fingerprint density at radius 1 is 1.00 bits per heavy atom. The molecule has 238 valence electrons. The Hall–Kier alpha value is -1.75. The summed E-state index contributed by atoms with van der Waals surface area (Å²) in [6.07, 6.45) is -13.2. The van der Waals surface area contributed by atoms with Crippen LogP contribution in [0.5, 0.6) is 0 Å². The van der Waals surface area contributed by atoms with Crippen LogP contribution in [0.1, 0.15) is 19.6 Å². The predicted octanol–water partition coefficient (Wildman–Crippen LogP) is -3.24. The number of hydrogen-bond donors (Lipinski definition) is 10. The topological polar surface area (TPSA) is 364 Å². The van der Waals surface area contributed by atoms with E-state index in [4.69, 9.17) is 14.0 Å². The van der Waals surface area contributed by atoms with Crippen molar-refractivity contribution in [3.05, 3.63) is 33.1 Å². The maximum atomic E-state index is 12.5. The third-order valence-corrected chi connectivity index (χ3v) is 8.44. The number of phosphoric acid groups is 2. The average molecular weight is 640 g/mol. The molecule has 2 saturated heterocycles. The molecule has 2 unspecified atom stereocenters. The summed E-state index contributed by atoms with van der Waals surface area (Å²) in [4.78, 5) is 56.6. The van der Waals surface area contributed by atoms with Gasteiger partial charge < -0.3 is 61.9 Å². The molecule has 21 nitrogen and oxygen atoms in total. The lowest BCUT2D eigenvalue weighted by Crippen LogP contribution is -2.56. The van der Waals surface area contributed by atoms with Crippen LogP contribution in [0.15, 0.2) is 21.9 Å². The molecule has 0 radical (unpaired) electrons. The number of aliphatic hydroxyl groups is 5. The molecule has 0 aromatic carbocycles. The van der Waals surface area contributed by atoms with Gasteiger partial charge in [0.2, 0.25) is 0 Å². The number of hydrogen-bond acceptors (Lipinski definition) is 17. The van der Waals surface area contributed by atoms with Gasteiger partial charge in [0.25, 0.3) is 5.56 Å². The standard InChI is InChI=1S/C18H28N2O17P2.2H3N/c1-7(22)4-8-12(24)13(25)9(5-21)35-17(8)36-39(31,32)37-38(29,30)33-6-10-14(26)15(27)16(34-10)20-3-2-11(23)19-18(20)28;;/h2-3,8-10,12-17,21,24-27H,4-6H2,1H3,(H,29,30)(H,31,32)(H,19,23,28);2*1H3/t8-,9-,10-,12-,13+,14-,15-,16-,17-;;/m1../s1. The molecule has 3 rings (SSSR count). The second kappa shape index (κ2) is 14.6. The van der Waals surface area contributed by atoms with Gasteiger partial charge in [0.1, 0.15) is 36.3 Å². The van der Waals surface area contributed by atoms with Crippen LogP contribution in [0, 0.1) is 5.92 Å². The van der Waals surface area contributed by atoms with Gasteiger partial charge in [0.05, 0.1) is 19.3 Å². The molecule has 2 fully saturated rings. The number of H-pyrrole nitrogens is 1. The Labute approximate surface area is 230 Å². The highest BCUT2D eigenvalue weighted by atomic mass is 31.3. The normalized spacial score (nSPS) is 34.5. The second-order valence-electron chi connectivity index (χ2n) is 8.76. The highest BCUT2D eigenvalue weighted by Gasteiger charge is 2.50. The predicted molar refractivity (Wildman–Crippen MR) is 132 cm³/mol. The number of Topliss-reactive ketones (excluding diaryl/α,β-unsaturated/α-hetero) is 1. The lowest BCUT2D eigenvalue weighted by molar-refractivity contribution is -0.263. The summed E-state index contributed by atoms with van der Waals surface area (Å²) in [5.74, 6) is -1.99. The van der Waals surface area contributed by atoms with Gasteiger partial charge >= 0.3 is 21.3 Å². The van der Waals surface area contributed by atoms with Gasteiger partial charge in [-0.1, -0.05) is 0 Å². The van der Waals surface area contributed by atoms with Crippen molar-refractivity contribution in [2.45, 2.75) is 62.5 Å². The highest BCUT2D eigenvalue weighted by molar-refractivity contribution is 7.61. The number of ketones is 1. The van der Waals surface area contributed by atoms with Crippen molar-refractivity contribution in [3.63, 3.8) is 0 Å². The zero-order chi connectivity index (χ0) is 29.3. The van der Waals surface area contributed by atoms with Crippen molar-refractivity contribution < 1.29 is 72.1 Å². The summed E-state index contributed by atoms with van der Waals surface area (Å²) in [5.41, 5.74) is -1.74. The number of carbonyl (C=O) groups is 1. The largest absolute Gasteiger partial charge is 0.483 e. The van der Waals surface area contributed by atoms with Crippen LogP contribution in [-0.2, 0) is 36.8 Å². The van der Waals surface area contributed by atoms with Crippen LogP contribution >= 0.6 is 15.6 Å².